The van der Waals surface area contributed by atoms with Crippen LogP contribution in [0.3, 0.4) is 0 Å². The quantitative estimate of drug-likeness (QED) is 0.552. The van der Waals surface area contributed by atoms with E-state index in [1.54, 1.807) is 6.21 Å². The van der Waals surface area contributed by atoms with E-state index in [1.807, 2.05) is 30.3 Å². The van der Waals surface area contributed by atoms with Crippen LogP contribution in [0.25, 0.3) is 0 Å². The lowest BCUT2D eigenvalue weighted by Crippen LogP contribution is -2.35. The molecular formula is C18H15F2N5O2. The summed E-state index contributed by atoms with van der Waals surface area (Å²) in [6.07, 6.45) is 1.30. The Bertz CT molecular complexity index is 915. The SMILES string of the molecule is O=C(CC1N=C(NN=Cc2ccccc2)NC1=O)Nc1ccc(F)c(F)c1. The van der Waals surface area contributed by atoms with Crippen LogP contribution >= 0.6 is 0 Å². The number of amides is 2. The van der Waals surface area contributed by atoms with Crippen molar-refractivity contribution < 1.29 is 18.4 Å². The van der Waals surface area contributed by atoms with Crippen molar-refractivity contribution in [2.24, 2.45) is 10.1 Å². The van der Waals surface area contributed by atoms with E-state index in [2.05, 4.69) is 26.2 Å². The number of carbonyl (C=O) groups is 2. The van der Waals surface area contributed by atoms with E-state index in [9.17, 15) is 18.4 Å². The van der Waals surface area contributed by atoms with Crippen molar-refractivity contribution in [1.82, 2.24) is 10.7 Å². The van der Waals surface area contributed by atoms with Crippen molar-refractivity contribution in [1.29, 1.82) is 0 Å². The highest BCUT2D eigenvalue weighted by Gasteiger charge is 2.28. The lowest BCUT2D eigenvalue weighted by molar-refractivity contribution is -0.123. The predicted molar refractivity (Wildman–Crippen MR) is 96.1 cm³/mol. The topological polar surface area (TPSA) is 94.9 Å². The largest absolute Gasteiger partial charge is 0.326 e. The zero-order valence-electron chi connectivity index (χ0n) is 13.9. The molecule has 0 fully saturated rings. The molecule has 0 bridgehead atoms. The van der Waals surface area contributed by atoms with Crippen LogP contribution in [-0.2, 0) is 9.59 Å². The van der Waals surface area contributed by atoms with Gasteiger partial charge < -0.3 is 5.32 Å². The second kappa shape index (κ2) is 8.17. The van der Waals surface area contributed by atoms with Crippen molar-refractivity contribution in [2.75, 3.05) is 5.32 Å². The Balaban J connectivity index is 1.55. The molecule has 7 nitrogen and oxygen atoms in total. The summed E-state index contributed by atoms with van der Waals surface area (Å²) in [5, 5.41) is 8.82. The number of guanidine groups is 1. The van der Waals surface area contributed by atoms with Crippen LogP contribution < -0.4 is 16.1 Å². The maximum atomic E-state index is 13.2. The van der Waals surface area contributed by atoms with Gasteiger partial charge in [-0.2, -0.15) is 5.10 Å². The van der Waals surface area contributed by atoms with E-state index < -0.39 is 29.5 Å². The summed E-state index contributed by atoms with van der Waals surface area (Å²) in [6, 6.07) is 11.3. The molecule has 0 saturated carbocycles. The number of carbonyl (C=O) groups excluding carboxylic acids is 2. The van der Waals surface area contributed by atoms with E-state index >= 15 is 0 Å². The number of rotatable bonds is 5. The predicted octanol–water partition coefficient (Wildman–Crippen LogP) is 1.77. The normalized spacial score (nSPS) is 16.1. The number of nitrogens with one attached hydrogen (secondary N) is 3. The van der Waals surface area contributed by atoms with Crippen molar-refractivity contribution in [3.63, 3.8) is 0 Å². The van der Waals surface area contributed by atoms with Crippen LogP contribution in [0.15, 0.2) is 58.6 Å². The van der Waals surface area contributed by atoms with Gasteiger partial charge in [-0.05, 0) is 17.7 Å². The van der Waals surface area contributed by atoms with Gasteiger partial charge in [0.1, 0.15) is 6.04 Å². The van der Waals surface area contributed by atoms with Crippen LogP contribution in [-0.4, -0.2) is 30.0 Å². The van der Waals surface area contributed by atoms with E-state index in [4.69, 9.17) is 0 Å². The van der Waals surface area contributed by atoms with Crippen molar-refractivity contribution in [2.45, 2.75) is 12.5 Å². The van der Waals surface area contributed by atoms with Gasteiger partial charge in [0.15, 0.2) is 11.6 Å². The standard InChI is InChI=1S/C18H15F2N5O2/c19-13-7-6-12(8-14(13)20)22-16(26)9-15-17(27)24-18(23-15)25-21-10-11-4-2-1-3-5-11/h1-8,10,15H,9H2,(H,22,26)(H2,23,24,25,27). The van der Waals surface area contributed by atoms with Crippen molar-refractivity contribution >= 4 is 29.7 Å². The minimum absolute atomic E-state index is 0.0899. The molecule has 2 aromatic rings. The second-order valence-electron chi connectivity index (χ2n) is 5.64. The third kappa shape index (κ3) is 4.94. The molecule has 0 aliphatic carbocycles. The minimum atomic E-state index is -1.08. The highest BCUT2D eigenvalue weighted by Crippen LogP contribution is 2.14. The lowest BCUT2D eigenvalue weighted by Gasteiger charge is -2.07. The molecule has 2 aromatic carbocycles. The van der Waals surface area contributed by atoms with Gasteiger partial charge in [0, 0.05) is 11.8 Å². The summed E-state index contributed by atoms with van der Waals surface area (Å²) in [6.45, 7) is 0. The van der Waals surface area contributed by atoms with Gasteiger partial charge in [-0.15, -0.1) is 0 Å². The summed E-state index contributed by atoms with van der Waals surface area (Å²) >= 11 is 0. The molecule has 27 heavy (non-hydrogen) atoms. The third-order valence-electron chi connectivity index (χ3n) is 3.59. The van der Waals surface area contributed by atoms with E-state index in [-0.39, 0.29) is 18.1 Å². The molecule has 3 rings (SSSR count). The third-order valence-corrected chi connectivity index (χ3v) is 3.59. The molecule has 1 aliphatic heterocycles. The Morgan fingerprint density at radius 2 is 1.96 bits per heavy atom. The molecule has 138 valence electrons. The molecule has 9 heteroatoms. The molecular weight excluding hydrogens is 356 g/mol. The molecule has 2 amide bonds. The number of hydrogen-bond donors (Lipinski definition) is 3. The van der Waals surface area contributed by atoms with E-state index in [1.165, 1.54) is 6.07 Å². The van der Waals surface area contributed by atoms with E-state index in [0.717, 1.165) is 17.7 Å². The Morgan fingerprint density at radius 1 is 1.19 bits per heavy atom. The van der Waals surface area contributed by atoms with Gasteiger partial charge in [-0.3, -0.25) is 14.9 Å². The fourth-order valence-corrected chi connectivity index (χ4v) is 2.31. The van der Waals surface area contributed by atoms with Crippen LogP contribution in [0.1, 0.15) is 12.0 Å². The minimum Gasteiger partial charge on any atom is -0.326 e. The maximum absolute atomic E-state index is 13.2. The molecule has 0 aromatic heterocycles. The zero-order valence-corrected chi connectivity index (χ0v) is 13.9. The molecule has 1 atom stereocenters. The molecule has 1 aliphatic rings. The van der Waals surface area contributed by atoms with Gasteiger partial charge in [0.2, 0.25) is 11.9 Å². The highest BCUT2D eigenvalue weighted by molar-refractivity contribution is 6.07. The molecule has 1 unspecified atom stereocenters. The van der Waals surface area contributed by atoms with Gasteiger partial charge >= 0.3 is 0 Å². The van der Waals surface area contributed by atoms with Gasteiger partial charge in [-0.25, -0.2) is 19.2 Å². The summed E-state index contributed by atoms with van der Waals surface area (Å²) in [4.78, 5) is 27.9. The number of hydrazone groups is 1. The van der Waals surface area contributed by atoms with Gasteiger partial charge in [0.25, 0.3) is 5.91 Å². The first-order valence-electron chi connectivity index (χ1n) is 7.99. The first kappa shape index (κ1) is 18.2. The molecule has 0 saturated heterocycles. The summed E-state index contributed by atoms with van der Waals surface area (Å²) in [7, 11) is 0. The number of anilines is 1. The van der Waals surface area contributed by atoms with Crippen LogP contribution in [0.5, 0.6) is 0 Å². The Morgan fingerprint density at radius 3 is 2.70 bits per heavy atom. The Labute approximate surface area is 153 Å². The average molecular weight is 371 g/mol. The number of aliphatic imine (C=N–C) groups is 1. The Hall–Kier alpha value is -3.62. The second-order valence-corrected chi connectivity index (χ2v) is 5.64. The fraction of sp³-hybridized carbons (Fsp3) is 0.111. The first-order valence-corrected chi connectivity index (χ1v) is 7.99. The highest BCUT2D eigenvalue weighted by atomic mass is 19.2. The number of benzene rings is 2. The van der Waals surface area contributed by atoms with Gasteiger partial charge in [-0.1, -0.05) is 30.3 Å². The summed E-state index contributed by atoms with van der Waals surface area (Å²) < 4.78 is 26.0. The van der Waals surface area contributed by atoms with Crippen LogP contribution in [0.2, 0.25) is 0 Å². The molecule has 3 N–H and O–H groups in total. The van der Waals surface area contributed by atoms with Crippen LogP contribution in [0.4, 0.5) is 14.5 Å². The lowest BCUT2D eigenvalue weighted by atomic mass is 10.2. The zero-order chi connectivity index (χ0) is 19.2. The van der Waals surface area contributed by atoms with Crippen molar-refractivity contribution in [3.8, 4) is 0 Å². The summed E-state index contributed by atoms with van der Waals surface area (Å²) in [5.74, 6) is -2.99. The van der Waals surface area contributed by atoms with Gasteiger partial charge in [0.05, 0.1) is 12.6 Å². The first-order chi connectivity index (χ1) is 13.0. The Kier molecular flexibility index (Phi) is 5.50. The molecule has 0 spiro atoms. The smallest absolute Gasteiger partial charge is 0.252 e. The van der Waals surface area contributed by atoms with Crippen LogP contribution in [0, 0.1) is 11.6 Å². The maximum Gasteiger partial charge on any atom is 0.252 e. The molecule has 0 radical (unpaired) electrons. The number of hydrogen-bond acceptors (Lipinski definition) is 5. The number of halogens is 2. The fourth-order valence-electron chi connectivity index (χ4n) is 2.31. The molecule has 1 heterocycles. The number of nitrogens with zero attached hydrogens (tertiary/aromatic N) is 2. The van der Waals surface area contributed by atoms with E-state index in [0.29, 0.717) is 0 Å². The average Bonchev–Trinajstić information content (AvgIpc) is 2.98. The van der Waals surface area contributed by atoms with Crippen molar-refractivity contribution in [3.05, 3.63) is 65.7 Å². The monoisotopic (exact) mass is 371 g/mol. The summed E-state index contributed by atoms with van der Waals surface area (Å²) in [5.41, 5.74) is 3.54.